The zero-order chi connectivity index (χ0) is 21.4. The van der Waals surface area contributed by atoms with Crippen molar-refractivity contribution in [2.24, 2.45) is 5.73 Å². The van der Waals surface area contributed by atoms with Crippen LogP contribution in [0.2, 0.25) is 0 Å². The molecule has 15 heteroatoms. The number of hydrogen-bond acceptors (Lipinski definition) is 6. The smallest absolute Gasteiger partial charge is 0.334 e. The number of carboxylic acid groups (broad SMARTS) is 2. The molecule has 0 heterocycles. The molecule has 0 aliphatic heterocycles. The summed E-state index contributed by atoms with van der Waals surface area (Å²) >= 11 is 0. The Morgan fingerprint density at radius 3 is 2.07 bits per heavy atom. The highest BCUT2D eigenvalue weighted by molar-refractivity contribution is 7.52. The van der Waals surface area contributed by atoms with Gasteiger partial charge in [0.2, 0.25) is 11.8 Å². The molecule has 0 rings (SSSR count). The van der Waals surface area contributed by atoms with Crippen LogP contribution < -0.4 is 16.4 Å². The number of carbonyl (C=O) groups is 4. The molecule has 0 fully saturated rings. The zero-order valence-corrected chi connectivity index (χ0v) is 14.7. The van der Waals surface area contributed by atoms with E-state index in [-0.39, 0.29) is 13.0 Å². The van der Waals surface area contributed by atoms with E-state index in [0.29, 0.717) is 0 Å². The van der Waals surface area contributed by atoms with Crippen LogP contribution in [-0.2, 0) is 23.7 Å². The van der Waals surface area contributed by atoms with E-state index in [0.717, 1.165) is 0 Å². The van der Waals surface area contributed by atoms with Gasteiger partial charge in [-0.3, -0.25) is 14.2 Å². The number of aliphatic carboxylic acids is 2. The number of amides is 2. The van der Waals surface area contributed by atoms with Gasteiger partial charge in [0.15, 0.2) is 5.54 Å². The lowest BCUT2D eigenvalue weighted by atomic mass is 9.95. The van der Waals surface area contributed by atoms with Crippen molar-refractivity contribution in [3.05, 3.63) is 0 Å². The van der Waals surface area contributed by atoms with Gasteiger partial charge in [0.25, 0.3) is 6.43 Å². The molecule has 0 saturated heterocycles. The Hall–Kier alpha value is -2.15. The van der Waals surface area contributed by atoms with Gasteiger partial charge in [-0.2, -0.15) is 0 Å². The number of alkyl halides is 2. The lowest BCUT2D eigenvalue weighted by molar-refractivity contribution is -0.150. The lowest BCUT2D eigenvalue weighted by Crippen LogP contribution is -2.54. The Balaban J connectivity index is 4.52. The molecule has 27 heavy (non-hydrogen) atoms. The molecular weight excluding hydrogens is 399 g/mol. The maximum absolute atomic E-state index is 12.7. The van der Waals surface area contributed by atoms with Crippen LogP contribution in [0.3, 0.4) is 0 Å². The fraction of sp³-hybridized carbons (Fsp3) is 0.667. The lowest BCUT2D eigenvalue weighted by Gasteiger charge is -2.23. The van der Waals surface area contributed by atoms with Gasteiger partial charge >= 0.3 is 19.5 Å². The molecule has 0 aromatic rings. The summed E-state index contributed by atoms with van der Waals surface area (Å²) in [5.41, 5.74) is 2.29. The highest BCUT2D eigenvalue weighted by Crippen LogP contribution is 2.33. The maximum atomic E-state index is 12.7. The van der Waals surface area contributed by atoms with Crippen molar-refractivity contribution in [3.8, 4) is 0 Å². The normalized spacial score (nSPS) is 14.9. The van der Waals surface area contributed by atoms with Crippen LogP contribution in [0.25, 0.3) is 0 Å². The van der Waals surface area contributed by atoms with E-state index in [9.17, 15) is 32.5 Å². The Kier molecular flexibility index (Phi) is 9.44. The number of hydrogen-bond donors (Lipinski definition) is 7. The molecule has 0 aromatic carbocycles. The number of rotatable bonds is 12. The van der Waals surface area contributed by atoms with E-state index in [1.54, 1.807) is 5.32 Å². The van der Waals surface area contributed by atoms with Crippen LogP contribution in [0.15, 0.2) is 0 Å². The van der Waals surface area contributed by atoms with Crippen molar-refractivity contribution < 1.29 is 52.5 Å². The minimum absolute atomic E-state index is 0.249. The Labute approximate surface area is 151 Å². The van der Waals surface area contributed by atoms with Crippen molar-refractivity contribution in [1.29, 1.82) is 0 Å². The largest absolute Gasteiger partial charge is 0.480 e. The van der Waals surface area contributed by atoms with E-state index in [2.05, 4.69) is 5.32 Å². The molecule has 0 aliphatic carbocycles. The van der Waals surface area contributed by atoms with Gasteiger partial charge < -0.3 is 36.4 Å². The Morgan fingerprint density at radius 1 is 1.11 bits per heavy atom. The van der Waals surface area contributed by atoms with E-state index in [1.165, 1.54) is 0 Å². The first-order valence-electron chi connectivity index (χ1n) is 7.33. The summed E-state index contributed by atoms with van der Waals surface area (Å²) in [4.78, 5) is 62.0. The topological polar surface area (TPSA) is 216 Å². The quantitative estimate of drug-likeness (QED) is 0.137. The summed E-state index contributed by atoms with van der Waals surface area (Å²) in [5.74, 6) is -5.76. The molecule has 0 bridgehead atoms. The molecule has 12 nitrogen and oxygen atoms in total. The summed E-state index contributed by atoms with van der Waals surface area (Å²) in [6, 6.07) is -1.78. The third kappa shape index (κ3) is 9.38. The van der Waals surface area contributed by atoms with Crippen LogP contribution in [-0.4, -0.2) is 74.5 Å². The maximum Gasteiger partial charge on any atom is 0.334 e. The van der Waals surface area contributed by atoms with Crippen molar-refractivity contribution in [3.63, 3.8) is 0 Å². The fourth-order valence-corrected chi connectivity index (χ4v) is 2.27. The van der Waals surface area contributed by atoms with Crippen LogP contribution in [0.5, 0.6) is 0 Å². The van der Waals surface area contributed by atoms with Gasteiger partial charge in [0.1, 0.15) is 12.2 Å². The average Bonchev–Trinajstić information content (AvgIpc) is 2.48. The summed E-state index contributed by atoms with van der Waals surface area (Å²) in [6.45, 7) is -0.291. The molecule has 0 aliphatic rings. The molecule has 0 saturated carbocycles. The number of carboxylic acids is 2. The zero-order valence-electron chi connectivity index (χ0n) is 13.8. The summed E-state index contributed by atoms with van der Waals surface area (Å²) in [6.07, 6.45) is -6.32. The molecule has 156 valence electrons. The van der Waals surface area contributed by atoms with E-state index in [1.807, 2.05) is 0 Å². The second-order valence-corrected chi connectivity index (χ2v) is 7.23. The third-order valence-electron chi connectivity index (χ3n) is 3.25. The van der Waals surface area contributed by atoms with Gasteiger partial charge in [-0.1, -0.05) is 0 Å². The van der Waals surface area contributed by atoms with Gasteiger partial charge in [-0.25, -0.2) is 18.4 Å². The van der Waals surface area contributed by atoms with E-state index < -0.39 is 68.4 Å². The van der Waals surface area contributed by atoms with Crippen molar-refractivity contribution >= 4 is 31.3 Å². The van der Waals surface area contributed by atoms with E-state index in [4.69, 9.17) is 25.7 Å². The molecule has 2 atom stereocenters. The van der Waals surface area contributed by atoms with Crippen molar-refractivity contribution in [1.82, 2.24) is 10.6 Å². The molecule has 0 radical (unpaired) electrons. The number of nitrogens with one attached hydrogen (secondary N) is 2. The average molecular weight is 419 g/mol. The van der Waals surface area contributed by atoms with Crippen LogP contribution in [0.4, 0.5) is 8.78 Å². The van der Waals surface area contributed by atoms with Gasteiger partial charge in [0, 0.05) is 6.54 Å². The second-order valence-electron chi connectivity index (χ2n) is 5.58. The molecular formula is C12H20F2N3O9P. The van der Waals surface area contributed by atoms with Crippen molar-refractivity contribution in [2.45, 2.75) is 37.3 Å². The van der Waals surface area contributed by atoms with Crippen LogP contribution in [0.1, 0.15) is 19.3 Å². The third-order valence-corrected chi connectivity index (χ3v) is 3.95. The van der Waals surface area contributed by atoms with Gasteiger partial charge in [-0.05, 0) is 12.8 Å². The first-order chi connectivity index (χ1) is 12.2. The van der Waals surface area contributed by atoms with Crippen LogP contribution >= 0.6 is 7.60 Å². The minimum Gasteiger partial charge on any atom is -0.480 e. The molecule has 0 aromatic heterocycles. The number of nitrogens with two attached hydrogens (primary N) is 1. The Morgan fingerprint density at radius 2 is 1.67 bits per heavy atom. The first kappa shape index (κ1) is 24.8. The standard InChI is InChI=1S/C12H20F2N3O9P/c13-10(14)12(15,11(22)23)2-1-3-16-7(18)4-6(9(20)21)17-8(19)5-27(24,25)26/h6,10H,1-5,15H2,(H,16,18)(H,17,19)(H,20,21)(H,22,23)(H2,24,25,26). The molecule has 2 unspecified atom stereocenters. The summed E-state index contributed by atoms with van der Waals surface area (Å²) in [5, 5.41) is 21.5. The van der Waals surface area contributed by atoms with Gasteiger partial charge in [0.05, 0.1) is 6.42 Å². The fourth-order valence-electron chi connectivity index (χ4n) is 1.80. The number of halogens is 2. The summed E-state index contributed by atoms with van der Waals surface area (Å²) < 4.78 is 36.0. The van der Waals surface area contributed by atoms with Crippen molar-refractivity contribution in [2.75, 3.05) is 12.7 Å². The highest BCUT2D eigenvalue weighted by atomic mass is 31.2. The molecule has 2 amide bonds. The monoisotopic (exact) mass is 419 g/mol. The van der Waals surface area contributed by atoms with Crippen LogP contribution in [0, 0.1) is 0 Å². The molecule has 8 N–H and O–H groups in total. The number of carbonyl (C=O) groups excluding carboxylic acids is 2. The van der Waals surface area contributed by atoms with Gasteiger partial charge in [-0.15, -0.1) is 0 Å². The van der Waals surface area contributed by atoms with E-state index >= 15 is 0 Å². The first-order valence-corrected chi connectivity index (χ1v) is 9.12. The highest BCUT2D eigenvalue weighted by Gasteiger charge is 2.43. The predicted octanol–water partition coefficient (Wildman–Crippen LogP) is -1.93. The minimum atomic E-state index is -4.72. The Bertz CT molecular complexity index is 627. The molecule has 0 spiro atoms. The second kappa shape index (κ2) is 10.3. The SMILES string of the molecule is NC(CCCNC(=O)CC(NC(=O)CP(=O)(O)O)C(=O)O)(C(=O)O)C(F)F. The predicted molar refractivity (Wildman–Crippen MR) is 83.9 cm³/mol. The summed E-state index contributed by atoms with van der Waals surface area (Å²) in [7, 11) is -4.72.